The molecule has 0 saturated carbocycles. The summed E-state index contributed by atoms with van der Waals surface area (Å²) in [6.07, 6.45) is 2.43. The summed E-state index contributed by atoms with van der Waals surface area (Å²) in [5, 5.41) is 59.4. The van der Waals surface area contributed by atoms with Crippen molar-refractivity contribution in [1.82, 2.24) is 56.8 Å². The van der Waals surface area contributed by atoms with Gasteiger partial charge in [-0.05, 0) is 125 Å². The van der Waals surface area contributed by atoms with Gasteiger partial charge in [0.2, 0.25) is 41.4 Å². The number of hydrogen-bond acceptors (Lipinski definition) is 22. The minimum Gasteiger partial charge on any atom is -0.396 e. The number of likely N-dealkylation sites (N-methyl/N-ethyl adjacent to an activating group) is 4. The predicted molar refractivity (Wildman–Crippen MR) is 450 cm³/mol. The number of methoxy groups -OCH3 is 1. The molecule has 0 bridgehead atoms. The van der Waals surface area contributed by atoms with Crippen molar-refractivity contribution >= 4 is 70.3 Å². The van der Waals surface area contributed by atoms with E-state index in [1.807, 2.05) is 61.0 Å². The van der Waals surface area contributed by atoms with Gasteiger partial charge in [-0.1, -0.05) is 102 Å². The van der Waals surface area contributed by atoms with Crippen molar-refractivity contribution in [2.45, 2.75) is 225 Å². The molecule has 668 valence electrons. The normalized spacial score (nSPS) is 14.0. The lowest BCUT2D eigenvalue weighted by atomic mass is 9.67. The molecule has 6 atom stereocenters. The molecule has 0 heterocycles. The summed E-state index contributed by atoms with van der Waals surface area (Å²) in [6.45, 7) is 28.4. The Hall–Kier alpha value is -5.76. The largest absolute Gasteiger partial charge is 0.396 e. The quantitative estimate of drug-likeness (QED) is 0.0331. The molecule has 6 unspecified atom stereocenters. The molecule has 0 saturated heterocycles. The Morgan fingerprint density at radius 2 is 0.713 bits per heavy atom. The third kappa shape index (κ3) is 47.6. The van der Waals surface area contributed by atoms with Crippen molar-refractivity contribution in [3.8, 4) is 0 Å². The van der Waals surface area contributed by atoms with E-state index in [1.165, 1.54) is 7.11 Å². The van der Waals surface area contributed by atoms with Crippen LogP contribution in [-0.4, -0.2) is 291 Å². The monoisotopic (exact) mass is 1640 g/mol. The summed E-state index contributed by atoms with van der Waals surface area (Å²) in [6, 6.07) is 0. The van der Waals surface area contributed by atoms with Crippen molar-refractivity contribution in [2.24, 2.45) is 74.4 Å². The summed E-state index contributed by atoms with van der Waals surface area (Å²) >= 11 is 0. The second-order valence-corrected chi connectivity index (χ2v) is 36.2. The lowest BCUT2D eigenvalue weighted by Gasteiger charge is -2.36. The Morgan fingerprint density at radius 1 is 0.365 bits per heavy atom. The molecule has 0 aromatic heterocycles. The molecule has 0 radical (unpaired) electrons. The van der Waals surface area contributed by atoms with Gasteiger partial charge in [-0.25, -0.2) is 0 Å². The van der Waals surface area contributed by atoms with E-state index in [-0.39, 0.29) is 184 Å². The molecular weight excluding hydrogens is 1480 g/mol. The third-order valence-electron chi connectivity index (χ3n) is 22.2. The maximum Gasteiger partial charge on any atom is 0.223 e. The van der Waals surface area contributed by atoms with E-state index in [0.717, 1.165) is 26.1 Å². The van der Waals surface area contributed by atoms with Gasteiger partial charge in [0, 0.05) is 239 Å². The average Bonchev–Trinajstić information content (AvgIpc) is 0.806. The molecule has 0 aromatic rings. The van der Waals surface area contributed by atoms with Crippen LogP contribution in [0.25, 0.3) is 0 Å². The highest BCUT2D eigenvalue weighted by Crippen LogP contribution is 2.42. The smallest absolute Gasteiger partial charge is 0.223 e. The van der Waals surface area contributed by atoms with Crippen LogP contribution in [-0.2, 0) is 67.0 Å². The van der Waals surface area contributed by atoms with Crippen LogP contribution in [0.3, 0.4) is 0 Å². The van der Waals surface area contributed by atoms with Gasteiger partial charge in [-0.2, -0.15) is 0 Å². The first-order chi connectivity index (χ1) is 53.8. The van der Waals surface area contributed by atoms with Crippen LogP contribution in [0.1, 0.15) is 225 Å². The molecule has 0 spiro atoms. The van der Waals surface area contributed by atoms with E-state index >= 15 is 19.2 Å². The summed E-state index contributed by atoms with van der Waals surface area (Å²) < 4.78 is 10.6. The SMILES string of the molecule is CCCCNC(=O)C(CC(=O)NCCN(C)CCN(C)C)CC(C)(C)C(=O)CC(CC(C)(C)CC(=O)C(CC(=O)NCCCCC(CO)CO)CC(C)(C)C(=O)CC(CC(C)(C)C(=O)C(CC(=O)NCCOCC)CC(C)(C)C(=O)CC(CC)C(=O)NCCOC)C(=O)NCCCCC(CO)CO)C(=O)NCCN(C)CCN(C)C. The number of aliphatic hydroxyl groups is 4. The van der Waals surface area contributed by atoms with Gasteiger partial charge in [0.25, 0.3) is 0 Å². The van der Waals surface area contributed by atoms with E-state index in [4.69, 9.17) is 9.47 Å². The number of ether oxygens (including phenoxy) is 2. The number of nitrogens with zero attached hydrogens (tertiary/aromatic N) is 4. The molecule has 0 aromatic carbocycles. The molecule has 115 heavy (non-hydrogen) atoms. The first kappa shape index (κ1) is 109. The van der Waals surface area contributed by atoms with Crippen LogP contribution in [0, 0.1) is 74.4 Å². The number of rotatable bonds is 71. The maximum absolute atomic E-state index is 15.5. The number of nitrogens with one attached hydrogen (secondary N) is 7. The molecule has 0 aliphatic rings. The first-order valence-electron chi connectivity index (χ1n) is 42.6. The number of Topliss-reactive ketones (excluding diaryl/α,β-unsaturated/α-hetero) is 5. The van der Waals surface area contributed by atoms with E-state index in [9.17, 15) is 58.8 Å². The van der Waals surface area contributed by atoms with Crippen LogP contribution in [0.5, 0.6) is 0 Å². The van der Waals surface area contributed by atoms with Crippen LogP contribution < -0.4 is 37.2 Å². The average molecular weight is 1640 g/mol. The number of aliphatic hydroxyl groups excluding tert-OH is 4. The second-order valence-electron chi connectivity index (χ2n) is 36.2. The van der Waals surface area contributed by atoms with Crippen molar-refractivity contribution in [2.75, 3.05) is 181 Å². The third-order valence-corrected chi connectivity index (χ3v) is 22.2. The van der Waals surface area contributed by atoms with E-state index < -0.39 is 110 Å². The fourth-order valence-electron chi connectivity index (χ4n) is 14.4. The molecular formula is C86H161N11O18. The number of unbranched alkanes of at least 4 members (excludes halogenated alkanes) is 3. The second kappa shape index (κ2) is 58.2. The lowest BCUT2D eigenvalue weighted by molar-refractivity contribution is -0.141. The Morgan fingerprint density at radius 3 is 1.16 bits per heavy atom. The molecule has 0 fully saturated rings. The molecule has 0 rings (SSSR count). The van der Waals surface area contributed by atoms with Crippen LogP contribution in [0.2, 0.25) is 0 Å². The Labute approximate surface area is 691 Å². The van der Waals surface area contributed by atoms with Gasteiger partial charge in [0.1, 0.15) is 28.9 Å². The minimum atomic E-state index is -1.45. The number of hydrogen-bond donors (Lipinski definition) is 11. The molecule has 29 heteroatoms. The summed E-state index contributed by atoms with van der Waals surface area (Å²) in [7, 11) is 13.3. The van der Waals surface area contributed by atoms with Gasteiger partial charge in [0.15, 0.2) is 0 Å². The van der Waals surface area contributed by atoms with Crippen LogP contribution >= 0.6 is 0 Å². The Kier molecular flexibility index (Phi) is 55.3. The van der Waals surface area contributed by atoms with Crippen LogP contribution in [0.4, 0.5) is 0 Å². The summed E-state index contributed by atoms with van der Waals surface area (Å²) in [5.41, 5.74) is -6.41. The van der Waals surface area contributed by atoms with Crippen molar-refractivity contribution in [1.29, 1.82) is 0 Å². The summed E-state index contributed by atoms with van der Waals surface area (Å²) in [5.74, 6) is -11.6. The van der Waals surface area contributed by atoms with Gasteiger partial charge < -0.3 is 86.7 Å². The van der Waals surface area contributed by atoms with Gasteiger partial charge in [-0.3, -0.25) is 57.5 Å². The summed E-state index contributed by atoms with van der Waals surface area (Å²) in [4.78, 5) is 183. The van der Waals surface area contributed by atoms with Crippen molar-refractivity contribution in [3.63, 3.8) is 0 Å². The van der Waals surface area contributed by atoms with Gasteiger partial charge in [0.05, 0.1) is 13.2 Å². The number of carbonyl (C=O) groups excluding carboxylic acids is 12. The predicted octanol–water partition coefficient (Wildman–Crippen LogP) is 5.58. The van der Waals surface area contributed by atoms with E-state index in [0.29, 0.717) is 90.7 Å². The standard InChI is InChI=1S/C86H161N11O18/c1-21-24-31-90-81(113)69(51-76(108)88-34-38-96(18)42-40-94(14)15)55-85(10,11)72(104)47-67(79(111)92-35-39-97(19)43-41-95(16)17)52-82(4,5)57-70(102)65(49-74(106)87-32-27-25-29-62(58-98)59-99)53-83(6,7)73(105)48-68(80(112)91-33-28-26-30-63(60-100)61-101)56-86(12,13)77(109)66(50-75(107)89-37-45-115-23-3)54-84(8,9)71(103)46-64(22-2)78(110)93-36-44-114-20/h62-69,98-101H,21-61H2,1-20H3,(H,87,106)(H,88,108)(H,89,107)(H,90,113)(H,91,112)(H,92,111)(H,93,110). The zero-order valence-corrected chi connectivity index (χ0v) is 74.9. The Balaban J connectivity index is 7.99. The molecule has 0 aliphatic carbocycles. The molecule has 7 amide bonds. The van der Waals surface area contributed by atoms with Crippen molar-refractivity contribution in [3.05, 3.63) is 0 Å². The Bertz CT molecular complexity index is 2880. The number of amides is 7. The number of carbonyl (C=O) groups is 12. The minimum absolute atomic E-state index is 0.00422. The van der Waals surface area contributed by atoms with E-state index in [1.54, 1.807) is 76.2 Å². The fourth-order valence-corrected chi connectivity index (χ4v) is 14.4. The van der Waals surface area contributed by atoms with E-state index in [2.05, 4.69) is 51.9 Å². The zero-order chi connectivity index (χ0) is 87.7. The molecule has 11 N–H and O–H groups in total. The molecule has 29 nitrogen and oxygen atoms in total. The highest BCUT2D eigenvalue weighted by atomic mass is 16.5. The maximum atomic E-state index is 15.5. The van der Waals surface area contributed by atoms with Gasteiger partial charge >= 0.3 is 0 Å². The van der Waals surface area contributed by atoms with Crippen LogP contribution in [0.15, 0.2) is 0 Å². The van der Waals surface area contributed by atoms with Gasteiger partial charge in [-0.15, -0.1) is 0 Å². The number of ketones is 5. The molecule has 0 aliphatic heterocycles. The topological polar surface area (TPSA) is 401 Å². The lowest BCUT2D eigenvalue weighted by Crippen LogP contribution is -2.43. The fraction of sp³-hybridized carbons (Fsp3) is 0.860. The van der Waals surface area contributed by atoms with Crippen molar-refractivity contribution < 1.29 is 87.4 Å². The zero-order valence-electron chi connectivity index (χ0n) is 74.9. The first-order valence-corrected chi connectivity index (χ1v) is 42.6. The highest BCUT2D eigenvalue weighted by molar-refractivity contribution is 5.96. The highest BCUT2D eigenvalue weighted by Gasteiger charge is 2.46.